The summed E-state index contributed by atoms with van der Waals surface area (Å²) in [5, 5.41) is 5.55. The first kappa shape index (κ1) is 19.4. The van der Waals surface area contributed by atoms with Gasteiger partial charge in [-0.05, 0) is 42.0 Å². The Morgan fingerprint density at radius 1 is 0.862 bits per heavy atom. The number of benzene rings is 2. The fraction of sp³-hybridized carbons (Fsp3) is 0.375. The lowest BCUT2D eigenvalue weighted by molar-refractivity contribution is -0.143. The highest BCUT2D eigenvalue weighted by Crippen LogP contribution is 2.33. The van der Waals surface area contributed by atoms with Crippen LogP contribution in [0.2, 0.25) is 0 Å². The van der Waals surface area contributed by atoms with Crippen LogP contribution in [0.4, 0.5) is 5.69 Å². The number of piperidine rings is 1. The number of amides is 2. The van der Waals surface area contributed by atoms with E-state index in [4.69, 9.17) is 0 Å². The lowest BCUT2D eigenvalue weighted by Crippen LogP contribution is -2.49. The van der Waals surface area contributed by atoms with E-state index in [1.54, 1.807) is 0 Å². The van der Waals surface area contributed by atoms with Crippen LogP contribution in [-0.4, -0.2) is 17.6 Å². The van der Waals surface area contributed by atoms with Crippen molar-refractivity contribution >= 4 is 23.3 Å². The molecule has 150 valence electrons. The number of ketones is 1. The second-order valence-corrected chi connectivity index (χ2v) is 8.02. The molecule has 2 amide bonds. The van der Waals surface area contributed by atoms with Gasteiger partial charge in [0.25, 0.3) is 0 Å². The van der Waals surface area contributed by atoms with E-state index in [-0.39, 0.29) is 18.2 Å². The van der Waals surface area contributed by atoms with Gasteiger partial charge in [0.05, 0.1) is 6.04 Å². The molecule has 0 spiro atoms. The van der Waals surface area contributed by atoms with E-state index in [1.165, 1.54) is 37.7 Å². The van der Waals surface area contributed by atoms with Crippen molar-refractivity contribution in [3.63, 3.8) is 0 Å². The van der Waals surface area contributed by atoms with E-state index >= 15 is 0 Å². The molecule has 2 aromatic rings. The van der Waals surface area contributed by atoms with Gasteiger partial charge in [-0.2, -0.15) is 0 Å². The molecule has 4 rings (SSSR count). The van der Waals surface area contributed by atoms with Gasteiger partial charge in [-0.3, -0.25) is 14.4 Å². The minimum absolute atomic E-state index is 0.120. The summed E-state index contributed by atoms with van der Waals surface area (Å²) in [5.41, 5.74) is 2.77. The highest BCUT2D eigenvalue weighted by atomic mass is 16.2. The first-order valence-electron chi connectivity index (χ1n) is 10.4. The molecule has 1 heterocycles. The third-order valence-electron chi connectivity index (χ3n) is 6.02. The second-order valence-electron chi connectivity index (χ2n) is 8.02. The minimum atomic E-state index is -1.30. The second kappa shape index (κ2) is 8.60. The summed E-state index contributed by atoms with van der Waals surface area (Å²) >= 11 is 0. The van der Waals surface area contributed by atoms with Crippen molar-refractivity contribution in [2.45, 2.75) is 50.5 Å². The Labute approximate surface area is 170 Å². The molecule has 2 N–H and O–H groups in total. The van der Waals surface area contributed by atoms with E-state index in [1.807, 2.05) is 54.6 Å². The molecule has 0 bridgehead atoms. The molecular weight excluding hydrogens is 364 g/mol. The van der Waals surface area contributed by atoms with Gasteiger partial charge in [-0.25, -0.2) is 0 Å². The summed E-state index contributed by atoms with van der Waals surface area (Å²) in [6.45, 7) is 0. The lowest BCUT2D eigenvalue weighted by Gasteiger charge is -2.28. The summed E-state index contributed by atoms with van der Waals surface area (Å²) in [6, 6.07) is 16.8. The fourth-order valence-electron chi connectivity index (χ4n) is 4.41. The van der Waals surface area contributed by atoms with Gasteiger partial charge in [0, 0.05) is 12.1 Å². The number of anilines is 1. The van der Waals surface area contributed by atoms with Crippen LogP contribution in [0.15, 0.2) is 54.6 Å². The van der Waals surface area contributed by atoms with Crippen molar-refractivity contribution in [3.05, 3.63) is 65.7 Å². The molecule has 2 fully saturated rings. The highest BCUT2D eigenvalue weighted by molar-refractivity contribution is 6.22. The first-order valence-corrected chi connectivity index (χ1v) is 10.4. The molecule has 0 aromatic heterocycles. The zero-order chi connectivity index (χ0) is 20.2. The maximum absolute atomic E-state index is 12.6. The predicted molar refractivity (Wildman–Crippen MR) is 111 cm³/mol. The fourth-order valence-corrected chi connectivity index (χ4v) is 4.41. The number of hydrogen-bond acceptors (Lipinski definition) is 3. The zero-order valence-electron chi connectivity index (χ0n) is 16.4. The van der Waals surface area contributed by atoms with Crippen molar-refractivity contribution in [3.8, 4) is 0 Å². The molecule has 2 unspecified atom stereocenters. The van der Waals surface area contributed by atoms with Crippen LogP contribution in [0.25, 0.3) is 0 Å². The molecule has 1 saturated heterocycles. The Hall–Kier alpha value is -2.95. The average Bonchev–Trinajstić information content (AvgIpc) is 2.75. The quantitative estimate of drug-likeness (QED) is 0.771. The van der Waals surface area contributed by atoms with Gasteiger partial charge in [-0.15, -0.1) is 0 Å². The van der Waals surface area contributed by atoms with Crippen LogP contribution < -0.4 is 10.6 Å². The molecule has 29 heavy (non-hydrogen) atoms. The maximum Gasteiger partial charge on any atom is 0.244 e. The van der Waals surface area contributed by atoms with Crippen LogP contribution in [0.3, 0.4) is 0 Å². The van der Waals surface area contributed by atoms with Gasteiger partial charge in [-0.1, -0.05) is 61.7 Å². The van der Waals surface area contributed by atoms with Crippen molar-refractivity contribution in [1.29, 1.82) is 0 Å². The van der Waals surface area contributed by atoms with Gasteiger partial charge in [0.15, 0.2) is 11.7 Å². The van der Waals surface area contributed by atoms with E-state index < -0.39 is 17.7 Å². The van der Waals surface area contributed by atoms with Crippen LogP contribution >= 0.6 is 0 Å². The van der Waals surface area contributed by atoms with Crippen LogP contribution in [0.1, 0.15) is 61.6 Å². The molecule has 1 aliphatic heterocycles. The standard InChI is InChI=1S/C24H26N2O3/c27-21-15-20(18-9-5-2-6-10-18)26-24(29)22(21)23(28)25-19-13-11-17(12-14-19)16-7-3-1-4-8-16/h2,5-6,9-14,16,20,22H,1,3-4,7-8,15H2,(H,25,28)(H,26,29). The summed E-state index contributed by atoms with van der Waals surface area (Å²) in [6.07, 6.45) is 6.40. The number of nitrogens with one attached hydrogen (secondary N) is 2. The van der Waals surface area contributed by atoms with Gasteiger partial charge in [0.2, 0.25) is 11.8 Å². The molecule has 1 aliphatic carbocycles. The smallest absolute Gasteiger partial charge is 0.244 e. The topological polar surface area (TPSA) is 75.3 Å². The predicted octanol–water partition coefficient (Wildman–Crippen LogP) is 4.12. The van der Waals surface area contributed by atoms with Crippen molar-refractivity contribution in [2.75, 3.05) is 5.32 Å². The number of Topliss-reactive ketones (excluding diaryl/α,β-unsaturated/α-hetero) is 1. The number of carbonyl (C=O) groups is 3. The van der Waals surface area contributed by atoms with Crippen molar-refractivity contribution in [2.24, 2.45) is 5.92 Å². The Morgan fingerprint density at radius 3 is 2.21 bits per heavy atom. The molecule has 5 nitrogen and oxygen atoms in total. The Balaban J connectivity index is 1.39. The molecule has 5 heteroatoms. The first-order chi connectivity index (χ1) is 14.1. The number of hydrogen-bond donors (Lipinski definition) is 2. The van der Waals surface area contributed by atoms with E-state index in [0.29, 0.717) is 11.6 Å². The van der Waals surface area contributed by atoms with Crippen molar-refractivity contribution < 1.29 is 14.4 Å². The Bertz CT molecular complexity index is 868. The third kappa shape index (κ3) is 4.39. The molecule has 1 saturated carbocycles. The Kier molecular flexibility index (Phi) is 5.74. The normalized spacial score (nSPS) is 22.8. The van der Waals surface area contributed by atoms with E-state index in [9.17, 15) is 14.4 Å². The third-order valence-corrected chi connectivity index (χ3v) is 6.02. The number of carbonyl (C=O) groups excluding carboxylic acids is 3. The van der Waals surface area contributed by atoms with Crippen molar-refractivity contribution in [1.82, 2.24) is 5.32 Å². The number of rotatable bonds is 4. The molecule has 2 atom stereocenters. The van der Waals surface area contributed by atoms with Gasteiger partial charge >= 0.3 is 0 Å². The minimum Gasteiger partial charge on any atom is -0.348 e. The Morgan fingerprint density at radius 2 is 1.55 bits per heavy atom. The monoisotopic (exact) mass is 390 g/mol. The molecular formula is C24H26N2O3. The SMILES string of the molecule is O=C1CC(c2ccccc2)NC(=O)C1C(=O)Nc1ccc(C2CCCCC2)cc1. The van der Waals surface area contributed by atoms with E-state index in [0.717, 1.165) is 5.56 Å². The molecule has 0 radical (unpaired) electrons. The average molecular weight is 390 g/mol. The highest BCUT2D eigenvalue weighted by Gasteiger charge is 2.40. The van der Waals surface area contributed by atoms with Crippen LogP contribution in [0.5, 0.6) is 0 Å². The summed E-state index contributed by atoms with van der Waals surface area (Å²) < 4.78 is 0. The largest absolute Gasteiger partial charge is 0.348 e. The van der Waals surface area contributed by atoms with Crippen LogP contribution in [0, 0.1) is 5.92 Å². The summed E-state index contributed by atoms with van der Waals surface area (Å²) in [4.78, 5) is 37.7. The van der Waals surface area contributed by atoms with Gasteiger partial charge in [0.1, 0.15) is 0 Å². The maximum atomic E-state index is 12.6. The van der Waals surface area contributed by atoms with Gasteiger partial charge < -0.3 is 10.6 Å². The molecule has 2 aliphatic rings. The van der Waals surface area contributed by atoms with E-state index in [2.05, 4.69) is 10.6 Å². The lowest BCUT2D eigenvalue weighted by atomic mass is 9.84. The zero-order valence-corrected chi connectivity index (χ0v) is 16.4. The summed E-state index contributed by atoms with van der Waals surface area (Å²) in [5.74, 6) is -2.16. The summed E-state index contributed by atoms with van der Waals surface area (Å²) in [7, 11) is 0. The molecule has 2 aromatic carbocycles. The van der Waals surface area contributed by atoms with Crippen LogP contribution in [-0.2, 0) is 14.4 Å².